The number of fused-ring (bicyclic) bond motifs is 1. The topological polar surface area (TPSA) is 94.5 Å². The molecule has 0 spiro atoms. The molecule has 1 N–H and O–H groups in total. The third-order valence-corrected chi connectivity index (χ3v) is 6.54. The smallest absolute Gasteiger partial charge is 0.300 e. The monoisotopic (exact) mass is 501 g/mol. The number of ether oxygens (including phenoxy) is 4. The van der Waals surface area contributed by atoms with Crippen molar-refractivity contribution in [3.63, 3.8) is 0 Å². The number of rotatable bonds is 7. The average Bonchev–Trinajstić information content (AvgIpc) is 3.50. The fraction of sp³-hybridized carbons (Fsp3) is 0.241. The van der Waals surface area contributed by atoms with Gasteiger partial charge in [-0.25, -0.2) is 0 Å². The molecular weight excluding hydrogens is 474 g/mol. The zero-order chi connectivity index (χ0) is 26.1. The van der Waals surface area contributed by atoms with Crippen LogP contribution in [0.25, 0.3) is 5.76 Å². The highest BCUT2D eigenvalue weighted by atomic mass is 16.5. The van der Waals surface area contributed by atoms with E-state index in [1.54, 1.807) is 60.7 Å². The molecule has 2 heterocycles. The van der Waals surface area contributed by atoms with E-state index in [1.165, 1.54) is 19.1 Å². The summed E-state index contributed by atoms with van der Waals surface area (Å²) < 4.78 is 22.1. The van der Waals surface area contributed by atoms with E-state index in [2.05, 4.69) is 0 Å². The van der Waals surface area contributed by atoms with Gasteiger partial charge in [0.1, 0.15) is 17.3 Å². The first-order valence-electron chi connectivity index (χ1n) is 12.0. The number of amides is 1. The van der Waals surface area contributed by atoms with Gasteiger partial charge in [0.25, 0.3) is 11.7 Å². The molecule has 5 rings (SSSR count). The summed E-state index contributed by atoms with van der Waals surface area (Å²) in [6.07, 6.45) is 0.702. The van der Waals surface area contributed by atoms with Crippen LogP contribution in [0.4, 0.5) is 5.69 Å². The van der Waals surface area contributed by atoms with Gasteiger partial charge in [0, 0.05) is 23.7 Å². The normalized spacial score (nSPS) is 17.9. The van der Waals surface area contributed by atoms with Gasteiger partial charge in [0.2, 0.25) is 0 Å². The molecule has 1 saturated heterocycles. The van der Waals surface area contributed by atoms with Crippen LogP contribution < -0.4 is 23.8 Å². The zero-order valence-corrected chi connectivity index (χ0v) is 20.8. The zero-order valence-electron chi connectivity index (χ0n) is 20.8. The number of benzene rings is 3. The van der Waals surface area contributed by atoms with E-state index in [1.807, 2.05) is 6.92 Å². The molecule has 0 aromatic heterocycles. The molecule has 0 saturated carbocycles. The molecule has 2 aliphatic heterocycles. The van der Waals surface area contributed by atoms with Gasteiger partial charge in [-0.3, -0.25) is 14.5 Å². The molecule has 190 valence electrons. The van der Waals surface area contributed by atoms with E-state index >= 15 is 0 Å². The lowest BCUT2D eigenvalue weighted by Crippen LogP contribution is -2.29. The van der Waals surface area contributed by atoms with Crippen molar-refractivity contribution < 1.29 is 33.6 Å². The van der Waals surface area contributed by atoms with Crippen LogP contribution in [0.5, 0.6) is 23.0 Å². The van der Waals surface area contributed by atoms with Gasteiger partial charge in [-0.15, -0.1) is 0 Å². The first-order chi connectivity index (χ1) is 18.0. The number of ketones is 1. The Kier molecular flexibility index (Phi) is 6.48. The number of carbonyl (C=O) groups excluding carboxylic acids is 2. The van der Waals surface area contributed by atoms with Gasteiger partial charge in [-0.1, -0.05) is 12.1 Å². The second-order valence-electron chi connectivity index (χ2n) is 8.63. The summed E-state index contributed by atoms with van der Waals surface area (Å²) in [6, 6.07) is 16.5. The number of aliphatic hydroxyl groups is 1. The van der Waals surface area contributed by atoms with Gasteiger partial charge >= 0.3 is 0 Å². The lowest BCUT2D eigenvalue weighted by molar-refractivity contribution is -0.132. The summed E-state index contributed by atoms with van der Waals surface area (Å²) in [5.41, 5.74) is 2.40. The minimum Gasteiger partial charge on any atom is -0.507 e. The van der Waals surface area contributed by atoms with Crippen LogP contribution >= 0.6 is 0 Å². The number of hydrogen-bond donors (Lipinski definition) is 1. The fourth-order valence-corrected chi connectivity index (χ4v) is 4.82. The van der Waals surface area contributed by atoms with Crippen molar-refractivity contribution >= 4 is 23.1 Å². The van der Waals surface area contributed by atoms with E-state index in [4.69, 9.17) is 18.9 Å². The number of carbonyl (C=O) groups is 2. The van der Waals surface area contributed by atoms with Crippen LogP contribution in [0, 0.1) is 0 Å². The predicted octanol–water partition coefficient (Wildman–Crippen LogP) is 4.66. The second kappa shape index (κ2) is 9.89. The molecule has 1 amide bonds. The van der Waals surface area contributed by atoms with Crippen molar-refractivity contribution in [2.24, 2.45) is 0 Å². The van der Waals surface area contributed by atoms with Gasteiger partial charge in [0.05, 0.1) is 39.0 Å². The number of methoxy groups -OCH3 is 2. The minimum absolute atomic E-state index is 0.0158. The van der Waals surface area contributed by atoms with E-state index in [-0.39, 0.29) is 11.3 Å². The predicted molar refractivity (Wildman–Crippen MR) is 138 cm³/mol. The highest BCUT2D eigenvalue weighted by Crippen LogP contribution is 2.45. The highest BCUT2D eigenvalue weighted by molar-refractivity contribution is 6.51. The maximum atomic E-state index is 13.5. The number of Topliss-reactive ketones (excluding diaryl/α,β-unsaturated/α-hetero) is 1. The number of anilines is 1. The standard InChI is InChI=1S/C29H27NO7/c1-4-36-21-7-5-6-20(16-21)30-26(18-8-11-23(34-2)24(15-18)35-3)25(28(32)29(30)33)27(31)19-9-10-22-17(14-19)12-13-37-22/h5-11,14-16,26,31H,4,12-13H2,1-3H3/b27-25+. The Morgan fingerprint density at radius 1 is 1.03 bits per heavy atom. The minimum atomic E-state index is -0.916. The Morgan fingerprint density at radius 2 is 1.84 bits per heavy atom. The first-order valence-corrected chi connectivity index (χ1v) is 12.0. The molecule has 0 radical (unpaired) electrons. The molecular formula is C29H27NO7. The van der Waals surface area contributed by atoms with E-state index in [0.29, 0.717) is 53.7 Å². The van der Waals surface area contributed by atoms with Crippen LogP contribution in [0.2, 0.25) is 0 Å². The van der Waals surface area contributed by atoms with Crippen molar-refractivity contribution in [3.05, 3.63) is 82.9 Å². The van der Waals surface area contributed by atoms with Crippen LogP contribution in [0.1, 0.15) is 29.7 Å². The van der Waals surface area contributed by atoms with Gasteiger partial charge in [0.15, 0.2) is 11.5 Å². The average molecular weight is 502 g/mol. The number of aliphatic hydroxyl groups excluding tert-OH is 1. The third-order valence-electron chi connectivity index (χ3n) is 6.54. The summed E-state index contributed by atoms with van der Waals surface area (Å²) in [5, 5.41) is 11.5. The molecule has 2 aliphatic rings. The summed E-state index contributed by atoms with van der Waals surface area (Å²) in [4.78, 5) is 28.4. The van der Waals surface area contributed by atoms with Gasteiger partial charge < -0.3 is 24.1 Å². The van der Waals surface area contributed by atoms with Crippen molar-refractivity contribution in [3.8, 4) is 23.0 Å². The third kappa shape index (κ3) is 4.24. The Hall–Kier alpha value is -4.46. The van der Waals surface area contributed by atoms with Crippen LogP contribution in [0.3, 0.4) is 0 Å². The molecule has 0 bridgehead atoms. The Bertz CT molecular complexity index is 1410. The summed E-state index contributed by atoms with van der Waals surface area (Å²) >= 11 is 0. The molecule has 3 aromatic rings. The quantitative estimate of drug-likeness (QED) is 0.286. The maximum absolute atomic E-state index is 13.5. The lowest BCUT2D eigenvalue weighted by atomic mass is 9.94. The van der Waals surface area contributed by atoms with Crippen LogP contribution in [-0.4, -0.2) is 44.2 Å². The molecule has 0 aliphatic carbocycles. The van der Waals surface area contributed by atoms with Crippen molar-refractivity contribution in [1.29, 1.82) is 0 Å². The Labute approximate surface area is 214 Å². The molecule has 8 heteroatoms. The lowest BCUT2D eigenvalue weighted by Gasteiger charge is -2.26. The number of hydrogen-bond acceptors (Lipinski definition) is 7. The van der Waals surface area contributed by atoms with E-state index in [0.717, 1.165) is 11.3 Å². The van der Waals surface area contributed by atoms with Gasteiger partial charge in [-0.05, 0) is 60.5 Å². The van der Waals surface area contributed by atoms with Crippen molar-refractivity contribution in [1.82, 2.24) is 0 Å². The molecule has 1 atom stereocenters. The largest absolute Gasteiger partial charge is 0.507 e. The fourth-order valence-electron chi connectivity index (χ4n) is 4.82. The SMILES string of the molecule is CCOc1cccc(N2C(=O)C(=O)/C(=C(/O)c3ccc4c(c3)CCO4)C2c2ccc(OC)c(OC)c2)c1. The highest BCUT2D eigenvalue weighted by Gasteiger charge is 2.47. The maximum Gasteiger partial charge on any atom is 0.300 e. The summed E-state index contributed by atoms with van der Waals surface area (Å²) in [7, 11) is 3.04. The van der Waals surface area contributed by atoms with Crippen LogP contribution in [-0.2, 0) is 16.0 Å². The molecule has 8 nitrogen and oxygen atoms in total. The van der Waals surface area contributed by atoms with Crippen molar-refractivity contribution in [2.75, 3.05) is 32.3 Å². The van der Waals surface area contributed by atoms with E-state index in [9.17, 15) is 14.7 Å². The van der Waals surface area contributed by atoms with Gasteiger partial charge in [-0.2, -0.15) is 0 Å². The van der Waals surface area contributed by atoms with Crippen molar-refractivity contribution in [2.45, 2.75) is 19.4 Å². The Morgan fingerprint density at radius 3 is 2.59 bits per heavy atom. The second-order valence-corrected chi connectivity index (χ2v) is 8.63. The Balaban J connectivity index is 1.71. The molecule has 1 unspecified atom stereocenters. The van der Waals surface area contributed by atoms with E-state index < -0.39 is 17.7 Å². The molecule has 3 aromatic carbocycles. The van der Waals surface area contributed by atoms with Crippen LogP contribution in [0.15, 0.2) is 66.2 Å². The number of nitrogens with zero attached hydrogens (tertiary/aromatic N) is 1. The summed E-state index contributed by atoms with van der Waals surface area (Å²) in [6.45, 7) is 2.87. The molecule has 37 heavy (non-hydrogen) atoms. The molecule has 1 fully saturated rings. The first kappa shape index (κ1) is 24.2. The summed E-state index contributed by atoms with van der Waals surface area (Å²) in [5.74, 6) is 0.461.